The van der Waals surface area contributed by atoms with Crippen LogP contribution < -0.4 is 11.1 Å². The Kier molecular flexibility index (Phi) is 5.07. The Labute approximate surface area is 157 Å². The molecule has 0 spiro atoms. The summed E-state index contributed by atoms with van der Waals surface area (Å²) in [4.78, 5) is 27.0. The van der Waals surface area contributed by atoms with Crippen LogP contribution in [0.2, 0.25) is 0 Å². The second kappa shape index (κ2) is 7.80. The lowest BCUT2D eigenvalue weighted by Gasteiger charge is -2.28. The van der Waals surface area contributed by atoms with E-state index in [9.17, 15) is 9.59 Å². The van der Waals surface area contributed by atoms with Gasteiger partial charge in [0, 0.05) is 6.54 Å². The van der Waals surface area contributed by atoms with E-state index in [1.165, 1.54) is 23.0 Å². The van der Waals surface area contributed by atoms with Crippen molar-refractivity contribution in [3.05, 3.63) is 70.7 Å². The molecule has 4 rings (SSSR count). The standard InChI is InChI=1S/C21H23N3O3/c25-20(15-24-17-10-4-5-11-19(17)27-21(24)26)22-14-18(23-12-6-7-13-23)16-8-2-1-3-9-16/h1-5,8-11,18H,6-7,12-15H2,(H,22,25). The third kappa shape index (κ3) is 3.80. The Morgan fingerprint density at radius 1 is 1.04 bits per heavy atom. The van der Waals surface area contributed by atoms with Crippen LogP contribution in [0.25, 0.3) is 11.1 Å². The zero-order valence-corrected chi connectivity index (χ0v) is 15.1. The molecule has 0 aliphatic carbocycles. The average Bonchev–Trinajstić information content (AvgIpc) is 3.32. The van der Waals surface area contributed by atoms with E-state index < -0.39 is 5.76 Å². The minimum absolute atomic E-state index is 0.0443. The molecule has 1 aliphatic heterocycles. The summed E-state index contributed by atoms with van der Waals surface area (Å²) >= 11 is 0. The molecule has 0 bridgehead atoms. The number of nitrogens with one attached hydrogen (secondary N) is 1. The summed E-state index contributed by atoms with van der Waals surface area (Å²) in [7, 11) is 0. The maximum atomic E-state index is 12.5. The van der Waals surface area contributed by atoms with Gasteiger partial charge in [-0.25, -0.2) is 4.79 Å². The van der Waals surface area contributed by atoms with Crippen LogP contribution in [0.15, 0.2) is 63.8 Å². The number of aromatic nitrogens is 1. The molecule has 0 saturated carbocycles. The fourth-order valence-electron chi connectivity index (χ4n) is 3.76. The van der Waals surface area contributed by atoms with Gasteiger partial charge in [0.1, 0.15) is 6.54 Å². The summed E-state index contributed by atoms with van der Waals surface area (Å²) in [6, 6.07) is 17.5. The molecule has 6 heteroatoms. The molecule has 1 unspecified atom stereocenters. The predicted molar refractivity (Wildman–Crippen MR) is 103 cm³/mol. The summed E-state index contributed by atoms with van der Waals surface area (Å²) in [5.41, 5.74) is 2.33. The number of carbonyl (C=O) groups excluding carboxylic acids is 1. The average molecular weight is 365 g/mol. The van der Waals surface area contributed by atoms with Crippen molar-refractivity contribution in [3.63, 3.8) is 0 Å². The quantitative estimate of drug-likeness (QED) is 0.729. The number of benzene rings is 2. The third-order valence-electron chi connectivity index (χ3n) is 5.13. The van der Waals surface area contributed by atoms with Crippen molar-refractivity contribution in [2.45, 2.75) is 25.4 Å². The van der Waals surface area contributed by atoms with Crippen molar-refractivity contribution < 1.29 is 9.21 Å². The first-order chi connectivity index (χ1) is 13.2. The SMILES string of the molecule is O=C(Cn1c(=O)oc2ccccc21)NCC(c1ccccc1)N1CCCC1. The number of hydrogen-bond acceptors (Lipinski definition) is 4. The first-order valence-electron chi connectivity index (χ1n) is 9.36. The second-order valence-electron chi connectivity index (χ2n) is 6.90. The highest BCUT2D eigenvalue weighted by molar-refractivity contribution is 5.79. The summed E-state index contributed by atoms with van der Waals surface area (Å²) in [6.45, 7) is 2.56. The van der Waals surface area contributed by atoms with Crippen LogP contribution in [-0.2, 0) is 11.3 Å². The molecule has 1 fully saturated rings. The maximum absolute atomic E-state index is 12.5. The smallest absolute Gasteiger partial charge is 0.408 e. The molecule has 27 heavy (non-hydrogen) atoms. The van der Waals surface area contributed by atoms with Crippen LogP contribution >= 0.6 is 0 Å². The van der Waals surface area contributed by atoms with Gasteiger partial charge in [-0.1, -0.05) is 42.5 Å². The van der Waals surface area contributed by atoms with Crippen LogP contribution in [0.5, 0.6) is 0 Å². The van der Waals surface area contributed by atoms with Gasteiger partial charge < -0.3 is 9.73 Å². The number of carbonyl (C=O) groups is 1. The molecule has 6 nitrogen and oxygen atoms in total. The molecule has 1 atom stereocenters. The van der Waals surface area contributed by atoms with Gasteiger partial charge in [-0.05, 0) is 43.6 Å². The van der Waals surface area contributed by atoms with Gasteiger partial charge >= 0.3 is 5.76 Å². The number of nitrogens with zero attached hydrogens (tertiary/aromatic N) is 2. The van der Waals surface area contributed by atoms with Crippen molar-refractivity contribution in [2.75, 3.05) is 19.6 Å². The lowest BCUT2D eigenvalue weighted by molar-refractivity contribution is -0.121. The van der Waals surface area contributed by atoms with Crippen molar-refractivity contribution in [1.29, 1.82) is 0 Å². The Balaban J connectivity index is 1.46. The first-order valence-corrected chi connectivity index (χ1v) is 9.36. The van der Waals surface area contributed by atoms with Crippen molar-refractivity contribution >= 4 is 17.0 Å². The lowest BCUT2D eigenvalue weighted by atomic mass is 10.1. The third-order valence-corrected chi connectivity index (χ3v) is 5.13. The van der Waals surface area contributed by atoms with E-state index in [4.69, 9.17) is 4.42 Å². The molecule has 0 radical (unpaired) electrons. The van der Waals surface area contributed by atoms with E-state index >= 15 is 0 Å². The minimum Gasteiger partial charge on any atom is -0.408 e. The van der Waals surface area contributed by atoms with E-state index in [1.807, 2.05) is 24.3 Å². The van der Waals surface area contributed by atoms with E-state index in [0.29, 0.717) is 17.6 Å². The van der Waals surface area contributed by atoms with Crippen molar-refractivity contribution in [1.82, 2.24) is 14.8 Å². The van der Waals surface area contributed by atoms with Gasteiger partial charge in [0.25, 0.3) is 0 Å². The minimum atomic E-state index is -0.509. The lowest BCUT2D eigenvalue weighted by Crippen LogP contribution is -2.38. The molecule has 1 N–H and O–H groups in total. The zero-order valence-electron chi connectivity index (χ0n) is 15.1. The van der Waals surface area contributed by atoms with Crippen LogP contribution in [0.1, 0.15) is 24.4 Å². The summed E-state index contributed by atoms with van der Waals surface area (Å²) in [5.74, 6) is -0.700. The van der Waals surface area contributed by atoms with Gasteiger partial charge in [-0.2, -0.15) is 0 Å². The first kappa shape index (κ1) is 17.5. The summed E-state index contributed by atoms with van der Waals surface area (Å²) in [6.07, 6.45) is 2.38. The number of hydrogen-bond donors (Lipinski definition) is 1. The molecule has 1 aromatic heterocycles. The number of likely N-dealkylation sites (tertiary alicyclic amines) is 1. The van der Waals surface area contributed by atoms with Crippen molar-refractivity contribution in [2.24, 2.45) is 0 Å². The highest BCUT2D eigenvalue weighted by atomic mass is 16.4. The number of rotatable bonds is 6. The number of fused-ring (bicyclic) bond motifs is 1. The summed E-state index contributed by atoms with van der Waals surface area (Å²) < 4.78 is 6.57. The predicted octanol–water partition coefficient (Wildman–Crippen LogP) is 2.55. The Bertz CT molecular complexity index is 971. The largest absolute Gasteiger partial charge is 0.420 e. The fourth-order valence-corrected chi connectivity index (χ4v) is 3.76. The Hall–Kier alpha value is -2.86. The van der Waals surface area contributed by atoms with E-state index in [-0.39, 0.29) is 18.5 Å². The highest BCUT2D eigenvalue weighted by Crippen LogP contribution is 2.24. The topological polar surface area (TPSA) is 67.5 Å². The molecule has 2 aromatic carbocycles. The number of oxazole rings is 1. The van der Waals surface area contributed by atoms with Gasteiger partial charge in [0.15, 0.2) is 5.58 Å². The zero-order chi connectivity index (χ0) is 18.6. The maximum Gasteiger partial charge on any atom is 0.420 e. The van der Waals surface area contributed by atoms with Gasteiger partial charge in [0.05, 0.1) is 11.6 Å². The normalized spacial score (nSPS) is 15.9. The Morgan fingerprint density at radius 3 is 2.52 bits per heavy atom. The monoisotopic (exact) mass is 365 g/mol. The van der Waals surface area contributed by atoms with Crippen LogP contribution in [-0.4, -0.2) is 35.0 Å². The molecular formula is C21H23N3O3. The van der Waals surface area contributed by atoms with E-state index in [1.54, 1.807) is 18.2 Å². The molecular weight excluding hydrogens is 342 g/mol. The van der Waals surface area contributed by atoms with Crippen LogP contribution in [0, 0.1) is 0 Å². The van der Waals surface area contributed by atoms with Crippen molar-refractivity contribution in [3.8, 4) is 0 Å². The number of amides is 1. The van der Waals surface area contributed by atoms with Crippen LogP contribution in [0.3, 0.4) is 0 Å². The molecule has 3 aromatic rings. The molecule has 1 amide bonds. The summed E-state index contributed by atoms with van der Waals surface area (Å²) in [5, 5.41) is 3.01. The molecule has 1 saturated heterocycles. The van der Waals surface area contributed by atoms with E-state index in [0.717, 1.165) is 13.1 Å². The molecule has 140 valence electrons. The second-order valence-corrected chi connectivity index (χ2v) is 6.90. The van der Waals surface area contributed by atoms with Crippen LogP contribution in [0.4, 0.5) is 0 Å². The van der Waals surface area contributed by atoms with Gasteiger partial charge in [-0.3, -0.25) is 14.3 Å². The van der Waals surface area contributed by atoms with Gasteiger partial charge in [0.2, 0.25) is 5.91 Å². The van der Waals surface area contributed by atoms with Gasteiger partial charge in [-0.15, -0.1) is 0 Å². The Morgan fingerprint density at radius 2 is 1.74 bits per heavy atom. The number of para-hydroxylation sites is 2. The highest BCUT2D eigenvalue weighted by Gasteiger charge is 2.24. The molecule has 2 heterocycles. The molecule has 1 aliphatic rings. The van der Waals surface area contributed by atoms with E-state index in [2.05, 4.69) is 22.3 Å². The fraction of sp³-hybridized carbons (Fsp3) is 0.333.